The van der Waals surface area contributed by atoms with E-state index in [2.05, 4.69) is 5.32 Å². The van der Waals surface area contributed by atoms with Gasteiger partial charge in [0.25, 0.3) is 0 Å². The smallest absolute Gasteiger partial charge is 0.415 e. The SMILES string of the molecule is CC(C)(NC[C@@H](O)C(F)(F)F)c1ccc2c(c1)OCCO2. The molecule has 4 nitrogen and oxygen atoms in total. The fourth-order valence-electron chi connectivity index (χ4n) is 2.00. The van der Waals surface area contributed by atoms with Crippen molar-refractivity contribution in [3.8, 4) is 11.5 Å². The van der Waals surface area contributed by atoms with Crippen LogP contribution in [0.25, 0.3) is 0 Å². The highest BCUT2D eigenvalue weighted by atomic mass is 19.4. The molecular weight excluding hydrogens is 287 g/mol. The number of alkyl halides is 3. The van der Waals surface area contributed by atoms with Crippen LogP contribution in [0.4, 0.5) is 13.2 Å². The Morgan fingerprint density at radius 1 is 1.19 bits per heavy atom. The second-order valence-electron chi connectivity index (χ2n) is 5.42. The largest absolute Gasteiger partial charge is 0.486 e. The molecule has 7 heteroatoms. The van der Waals surface area contributed by atoms with Crippen molar-refractivity contribution >= 4 is 0 Å². The van der Waals surface area contributed by atoms with E-state index in [1.165, 1.54) is 0 Å². The first-order valence-corrected chi connectivity index (χ1v) is 6.60. The van der Waals surface area contributed by atoms with Gasteiger partial charge in [-0.3, -0.25) is 0 Å². The summed E-state index contributed by atoms with van der Waals surface area (Å²) in [4.78, 5) is 0. The van der Waals surface area contributed by atoms with Crippen LogP contribution in [0.3, 0.4) is 0 Å². The van der Waals surface area contributed by atoms with Crippen molar-refractivity contribution in [1.29, 1.82) is 0 Å². The second kappa shape index (κ2) is 5.73. The molecule has 0 spiro atoms. The normalized spacial score (nSPS) is 16.7. The van der Waals surface area contributed by atoms with Crippen LogP contribution < -0.4 is 14.8 Å². The topological polar surface area (TPSA) is 50.7 Å². The van der Waals surface area contributed by atoms with Gasteiger partial charge in [0.15, 0.2) is 17.6 Å². The van der Waals surface area contributed by atoms with Gasteiger partial charge in [-0.15, -0.1) is 0 Å². The molecule has 1 atom stereocenters. The van der Waals surface area contributed by atoms with E-state index in [-0.39, 0.29) is 0 Å². The lowest BCUT2D eigenvalue weighted by atomic mass is 9.93. The number of hydrogen-bond donors (Lipinski definition) is 2. The third-order valence-corrected chi connectivity index (χ3v) is 3.38. The van der Waals surface area contributed by atoms with Gasteiger partial charge < -0.3 is 19.9 Å². The molecule has 1 aliphatic heterocycles. The van der Waals surface area contributed by atoms with Gasteiger partial charge in [-0.25, -0.2) is 0 Å². The number of nitrogens with one attached hydrogen (secondary N) is 1. The van der Waals surface area contributed by atoms with Crippen LogP contribution in [-0.2, 0) is 5.54 Å². The lowest BCUT2D eigenvalue weighted by Gasteiger charge is -2.30. The van der Waals surface area contributed by atoms with E-state index in [1.807, 2.05) is 0 Å². The van der Waals surface area contributed by atoms with Crippen LogP contribution in [0.5, 0.6) is 11.5 Å². The quantitative estimate of drug-likeness (QED) is 0.895. The average Bonchev–Trinajstić information content (AvgIpc) is 2.43. The molecule has 0 amide bonds. The van der Waals surface area contributed by atoms with E-state index in [4.69, 9.17) is 14.6 Å². The summed E-state index contributed by atoms with van der Waals surface area (Å²) in [6.45, 7) is 3.82. The predicted molar refractivity (Wildman–Crippen MR) is 70.5 cm³/mol. The Kier molecular flexibility index (Phi) is 4.34. The summed E-state index contributed by atoms with van der Waals surface area (Å²) in [6.07, 6.45) is -7.02. The monoisotopic (exact) mass is 305 g/mol. The Hall–Kier alpha value is -1.47. The van der Waals surface area contributed by atoms with E-state index >= 15 is 0 Å². The minimum Gasteiger partial charge on any atom is -0.486 e. The molecule has 0 aliphatic carbocycles. The van der Waals surface area contributed by atoms with Crippen molar-refractivity contribution in [1.82, 2.24) is 5.32 Å². The van der Waals surface area contributed by atoms with Crippen molar-refractivity contribution in [2.45, 2.75) is 31.7 Å². The summed E-state index contributed by atoms with van der Waals surface area (Å²) in [5, 5.41) is 11.8. The maximum absolute atomic E-state index is 12.3. The van der Waals surface area contributed by atoms with E-state index < -0.39 is 24.4 Å². The second-order valence-corrected chi connectivity index (χ2v) is 5.42. The van der Waals surface area contributed by atoms with Crippen LogP contribution in [-0.4, -0.2) is 37.1 Å². The van der Waals surface area contributed by atoms with Gasteiger partial charge >= 0.3 is 6.18 Å². The number of aliphatic hydroxyl groups is 1. The Morgan fingerprint density at radius 3 is 2.43 bits per heavy atom. The fraction of sp³-hybridized carbons (Fsp3) is 0.571. The van der Waals surface area contributed by atoms with E-state index in [0.717, 1.165) is 5.56 Å². The molecule has 2 rings (SSSR count). The molecule has 1 aromatic carbocycles. The van der Waals surface area contributed by atoms with Crippen LogP contribution in [0.2, 0.25) is 0 Å². The molecule has 0 bridgehead atoms. The van der Waals surface area contributed by atoms with E-state index in [1.54, 1.807) is 32.0 Å². The third-order valence-electron chi connectivity index (χ3n) is 3.38. The molecule has 21 heavy (non-hydrogen) atoms. The van der Waals surface area contributed by atoms with Gasteiger partial charge in [-0.1, -0.05) is 6.07 Å². The van der Waals surface area contributed by atoms with Crippen molar-refractivity contribution in [2.24, 2.45) is 0 Å². The zero-order valence-electron chi connectivity index (χ0n) is 11.8. The number of hydrogen-bond acceptors (Lipinski definition) is 4. The summed E-state index contributed by atoms with van der Waals surface area (Å²) in [5.41, 5.74) is 0.00309. The Morgan fingerprint density at radius 2 is 1.81 bits per heavy atom. The summed E-state index contributed by atoms with van der Waals surface area (Å²) >= 11 is 0. The lowest BCUT2D eigenvalue weighted by molar-refractivity contribution is -0.202. The summed E-state index contributed by atoms with van der Waals surface area (Å²) < 4.78 is 47.8. The van der Waals surface area contributed by atoms with Crippen molar-refractivity contribution in [2.75, 3.05) is 19.8 Å². The molecule has 1 aliphatic rings. The highest BCUT2D eigenvalue weighted by Crippen LogP contribution is 2.34. The molecule has 0 saturated carbocycles. The van der Waals surface area contributed by atoms with Crippen molar-refractivity contribution < 1.29 is 27.8 Å². The minimum absolute atomic E-state index is 0.442. The number of rotatable bonds is 4. The first-order chi connectivity index (χ1) is 9.70. The van der Waals surface area contributed by atoms with Gasteiger partial charge in [0.1, 0.15) is 13.2 Å². The van der Waals surface area contributed by atoms with Crippen LogP contribution in [0.15, 0.2) is 18.2 Å². The number of halogens is 3. The number of fused-ring (bicyclic) bond motifs is 1. The highest BCUT2D eigenvalue weighted by Gasteiger charge is 2.39. The molecule has 1 heterocycles. The Bertz CT molecular complexity index is 503. The van der Waals surface area contributed by atoms with Crippen molar-refractivity contribution in [3.63, 3.8) is 0 Å². The van der Waals surface area contributed by atoms with Gasteiger partial charge in [0.2, 0.25) is 0 Å². The van der Waals surface area contributed by atoms with Crippen LogP contribution in [0.1, 0.15) is 19.4 Å². The molecule has 1 aromatic rings. The molecule has 0 unspecified atom stereocenters. The number of ether oxygens (including phenoxy) is 2. The lowest BCUT2D eigenvalue weighted by Crippen LogP contribution is -2.45. The summed E-state index contributed by atoms with van der Waals surface area (Å²) in [7, 11) is 0. The Labute approximate surface area is 120 Å². The number of aliphatic hydroxyl groups excluding tert-OH is 1. The maximum Gasteiger partial charge on any atom is 0.415 e. The predicted octanol–water partition coefficient (Wildman–Crippen LogP) is 2.21. The van der Waals surface area contributed by atoms with Crippen LogP contribution >= 0.6 is 0 Å². The maximum atomic E-state index is 12.3. The standard InChI is InChI=1S/C14H18F3NO3/c1-13(2,18-8-12(19)14(15,16)17)9-3-4-10-11(7-9)21-6-5-20-10/h3-4,7,12,18-19H,5-6,8H2,1-2H3/t12-/m1/s1. The summed E-state index contributed by atoms with van der Waals surface area (Å²) in [6, 6.07) is 5.23. The average molecular weight is 305 g/mol. The molecule has 0 radical (unpaired) electrons. The molecule has 118 valence electrons. The van der Waals surface area contributed by atoms with Gasteiger partial charge in [-0.2, -0.15) is 13.2 Å². The van der Waals surface area contributed by atoms with Gasteiger partial charge in [0, 0.05) is 12.1 Å². The molecular formula is C14H18F3NO3. The molecule has 0 fully saturated rings. The highest BCUT2D eigenvalue weighted by molar-refractivity contribution is 5.45. The van der Waals surface area contributed by atoms with Gasteiger partial charge in [-0.05, 0) is 31.5 Å². The fourth-order valence-corrected chi connectivity index (χ4v) is 2.00. The Balaban J connectivity index is 2.08. The molecule has 0 aromatic heterocycles. The first kappa shape index (κ1) is 15.9. The first-order valence-electron chi connectivity index (χ1n) is 6.60. The minimum atomic E-state index is -4.63. The van der Waals surface area contributed by atoms with Gasteiger partial charge in [0.05, 0.1) is 0 Å². The zero-order valence-corrected chi connectivity index (χ0v) is 11.8. The van der Waals surface area contributed by atoms with E-state index in [9.17, 15) is 13.2 Å². The van der Waals surface area contributed by atoms with Crippen LogP contribution in [0, 0.1) is 0 Å². The van der Waals surface area contributed by atoms with E-state index in [0.29, 0.717) is 24.7 Å². The van der Waals surface area contributed by atoms with Crippen molar-refractivity contribution in [3.05, 3.63) is 23.8 Å². The molecule has 2 N–H and O–H groups in total. The molecule has 0 saturated heterocycles. The zero-order chi connectivity index (χ0) is 15.7. The third kappa shape index (κ3) is 3.79. The summed E-state index contributed by atoms with van der Waals surface area (Å²) in [5.74, 6) is 1.20. The number of benzene rings is 1.